The van der Waals surface area contributed by atoms with E-state index >= 15 is 0 Å². The maximum absolute atomic E-state index is 9.38. The van der Waals surface area contributed by atoms with E-state index in [2.05, 4.69) is 27.0 Å². The number of thiophene rings is 1. The zero-order chi connectivity index (χ0) is 13.9. The Balaban J connectivity index is 1.95. The summed E-state index contributed by atoms with van der Waals surface area (Å²) in [5.41, 5.74) is 3.07. The normalized spacial score (nSPS) is 14.2. The summed E-state index contributed by atoms with van der Waals surface area (Å²) in [4.78, 5) is 5.90. The number of hydrogen-bond acceptors (Lipinski definition) is 3. The molecule has 1 aliphatic carbocycles. The van der Waals surface area contributed by atoms with Crippen molar-refractivity contribution in [3.05, 3.63) is 50.3 Å². The fourth-order valence-electron chi connectivity index (χ4n) is 2.48. The van der Waals surface area contributed by atoms with Gasteiger partial charge in [-0.15, -0.1) is 11.3 Å². The van der Waals surface area contributed by atoms with Crippen LogP contribution in [0.2, 0.25) is 0 Å². The van der Waals surface area contributed by atoms with E-state index in [0.29, 0.717) is 0 Å². The number of aryl methyl sites for hydroxylation is 1. The molecule has 20 heavy (non-hydrogen) atoms. The van der Waals surface area contributed by atoms with Crippen LogP contribution in [0.3, 0.4) is 0 Å². The van der Waals surface area contributed by atoms with Gasteiger partial charge < -0.3 is 0 Å². The number of halogens is 1. The maximum Gasteiger partial charge on any atom is 0.134 e. The van der Waals surface area contributed by atoms with E-state index in [9.17, 15) is 5.26 Å². The molecular weight excluding hydrogens is 332 g/mol. The van der Waals surface area contributed by atoms with Crippen LogP contribution >= 0.6 is 27.3 Å². The lowest BCUT2D eigenvalue weighted by molar-refractivity contribution is 0.696. The summed E-state index contributed by atoms with van der Waals surface area (Å²) in [6.07, 6.45) is 6.38. The molecule has 100 valence electrons. The first kappa shape index (κ1) is 13.5. The summed E-state index contributed by atoms with van der Waals surface area (Å²) >= 11 is 5.13. The number of rotatable bonds is 2. The Hall–Kier alpha value is -1.44. The monoisotopic (exact) mass is 344 g/mol. The zero-order valence-corrected chi connectivity index (χ0v) is 13.3. The Morgan fingerprint density at radius 1 is 1.30 bits per heavy atom. The Bertz CT molecular complexity index is 710. The third-order valence-electron chi connectivity index (χ3n) is 3.44. The average Bonchev–Trinajstić information content (AvgIpc) is 2.82. The van der Waals surface area contributed by atoms with E-state index in [0.717, 1.165) is 33.4 Å². The van der Waals surface area contributed by atoms with Crippen molar-refractivity contribution in [1.82, 2.24) is 0 Å². The second-order valence-electron chi connectivity index (χ2n) is 4.82. The SMILES string of the molecule is N#Cc1c(N=Cc2cccc(Br)c2)sc2c1CCCC2. The van der Waals surface area contributed by atoms with E-state index in [1.54, 1.807) is 11.3 Å². The average molecular weight is 345 g/mol. The van der Waals surface area contributed by atoms with Crippen LogP contribution in [0.5, 0.6) is 0 Å². The van der Waals surface area contributed by atoms with Gasteiger partial charge in [-0.2, -0.15) is 5.26 Å². The van der Waals surface area contributed by atoms with Gasteiger partial charge in [-0.1, -0.05) is 28.1 Å². The number of fused-ring (bicyclic) bond motifs is 1. The van der Waals surface area contributed by atoms with Crippen molar-refractivity contribution in [1.29, 1.82) is 5.26 Å². The summed E-state index contributed by atoms with van der Waals surface area (Å²) in [7, 11) is 0. The van der Waals surface area contributed by atoms with Crippen molar-refractivity contribution in [3.8, 4) is 6.07 Å². The largest absolute Gasteiger partial charge is 0.244 e. The van der Waals surface area contributed by atoms with Crippen LogP contribution < -0.4 is 0 Å². The first-order valence-corrected chi connectivity index (χ1v) is 8.23. The minimum Gasteiger partial charge on any atom is -0.244 e. The minimum atomic E-state index is 0.788. The lowest BCUT2D eigenvalue weighted by atomic mass is 9.96. The van der Waals surface area contributed by atoms with Crippen LogP contribution in [0.4, 0.5) is 5.00 Å². The minimum absolute atomic E-state index is 0.788. The second kappa shape index (κ2) is 5.90. The Morgan fingerprint density at radius 2 is 2.15 bits per heavy atom. The fraction of sp³-hybridized carbons (Fsp3) is 0.250. The molecular formula is C16H13BrN2S. The van der Waals surface area contributed by atoms with Crippen molar-refractivity contribution in [2.24, 2.45) is 4.99 Å². The van der Waals surface area contributed by atoms with E-state index < -0.39 is 0 Å². The molecule has 0 saturated heterocycles. The Morgan fingerprint density at radius 3 is 2.95 bits per heavy atom. The quantitative estimate of drug-likeness (QED) is 0.705. The molecule has 0 spiro atoms. The van der Waals surface area contributed by atoms with Gasteiger partial charge in [-0.05, 0) is 48.9 Å². The summed E-state index contributed by atoms with van der Waals surface area (Å²) in [5.74, 6) is 0. The van der Waals surface area contributed by atoms with Crippen LogP contribution in [0.1, 0.15) is 34.4 Å². The molecule has 1 aromatic heterocycles. The van der Waals surface area contributed by atoms with Crippen LogP contribution in [-0.2, 0) is 12.8 Å². The van der Waals surface area contributed by atoms with Gasteiger partial charge in [0.1, 0.15) is 11.1 Å². The molecule has 0 N–H and O–H groups in total. The van der Waals surface area contributed by atoms with E-state index in [4.69, 9.17) is 0 Å². The molecule has 0 bridgehead atoms. The van der Waals surface area contributed by atoms with Crippen LogP contribution in [0.25, 0.3) is 0 Å². The summed E-state index contributed by atoms with van der Waals surface area (Å²) in [6.45, 7) is 0. The highest BCUT2D eigenvalue weighted by Gasteiger charge is 2.19. The van der Waals surface area contributed by atoms with Gasteiger partial charge in [0, 0.05) is 15.6 Å². The Kier molecular flexibility index (Phi) is 4.00. The number of benzene rings is 1. The standard InChI is InChI=1S/C16H13BrN2S/c17-12-5-3-4-11(8-12)10-19-16-14(9-18)13-6-1-2-7-15(13)20-16/h3-5,8,10H,1-2,6-7H2. The molecule has 2 aromatic rings. The lowest BCUT2D eigenvalue weighted by Gasteiger charge is -2.09. The highest BCUT2D eigenvalue weighted by atomic mass is 79.9. The van der Waals surface area contributed by atoms with E-state index in [1.165, 1.54) is 23.3 Å². The predicted molar refractivity (Wildman–Crippen MR) is 87.1 cm³/mol. The Labute approximate surface area is 130 Å². The van der Waals surface area contributed by atoms with Crippen LogP contribution in [-0.4, -0.2) is 6.21 Å². The number of nitriles is 1. The van der Waals surface area contributed by atoms with Gasteiger partial charge in [-0.3, -0.25) is 0 Å². The molecule has 3 rings (SSSR count). The molecule has 1 heterocycles. The highest BCUT2D eigenvalue weighted by molar-refractivity contribution is 9.10. The molecule has 0 fully saturated rings. The van der Waals surface area contributed by atoms with Gasteiger partial charge in [0.2, 0.25) is 0 Å². The fourth-order valence-corrected chi connectivity index (χ4v) is 4.08. The first-order valence-electron chi connectivity index (χ1n) is 6.62. The van der Waals surface area contributed by atoms with Gasteiger partial charge in [0.15, 0.2) is 0 Å². The lowest BCUT2D eigenvalue weighted by Crippen LogP contribution is -1.99. The van der Waals surface area contributed by atoms with Gasteiger partial charge >= 0.3 is 0 Å². The maximum atomic E-state index is 9.38. The third-order valence-corrected chi connectivity index (χ3v) is 5.14. The van der Waals surface area contributed by atoms with E-state index in [-0.39, 0.29) is 0 Å². The smallest absolute Gasteiger partial charge is 0.134 e. The van der Waals surface area contributed by atoms with Crippen LogP contribution in [0, 0.1) is 11.3 Å². The van der Waals surface area contributed by atoms with Gasteiger partial charge in [0.05, 0.1) is 5.56 Å². The van der Waals surface area contributed by atoms with Gasteiger partial charge in [-0.25, -0.2) is 4.99 Å². The molecule has 0 unspecified atom stereocenters. The van der Waals surface area contributed by atoms with Crippen molar-refractivity contribution < 1.29 is 0 Å². The molecule has 0 amide bonds. The molecule has 0 atom stereocenters. The number of nitrogens with zero attached hydrogens (tertiary/aromatic N) is 2. The highest BCUT2D eigenvalue weighted by Crippen LogP contribution is 2.39. The summed E-state index contributed by atoms with van der Waals surface area (Å²) in [5, 5.41) is 10.2. The second-order valence-corrected chi connectivity index (χ2v) is 6.82. The van der Waals surface area contributed by atoms with Gasteiger partial charge in [0.25, 0.3) is 0 Å². The predicted octanol–water partition coefficient (Wildman–Crippen LogP) is 5.01. The zero-order valence-electron chi connectivity index (χ0n) is 10.9. The summed E-state index contributed by atoms with van der Waals surface area (Å²) < 4.78 is 1.03. The van der Waals surface area contributed by atoms with Crippen molar-refractivity contribution in [2.75, 3.05) is 0 Å². The van der Waals surface area contributed by atoms with Crippen molar-refractivity contribution in [3.63, 3.8) is 0 Å². The molecule has 1 aliphatic rings. The van der Waals surface area contributed by atoms with E-state index in [1.807, 2.05) is 30.5 Å². The molecule has 1 aromatic carbocycles. The third kappa shape index (κ3) is 2.70. The molecule has 0 saturated carbocycles. The number of aliphatic imine (C=N–C) groups is 1. The molecule has 2 nitrogen and oxygen atoms in total. The first-order chi connectivity index (χ1) is 9.78. The topological polar surface area (TPSA) is 36.1 Å². The molecule has 4 heteroatoms. The van der Waals surface area contributed by atoms with Crippen LogP contribution in [0.15, 0.2) is 33.7 Å². The number of hydrogen-bond donors (Lipinski definition) is 0. The molecule has 0 radical (unpaired) electrons. The molecule has 0 aliphatic heterocycles. The summed E-state index contributed by atoms with van der Waals surface area (Å²) in [6, 6.07) is 10.3. The van der Waals surface area contributed by atoms with Crippen molar-refractivity contribution in [2.45, 2.75) is 25.7 Å². The van der Waals surface area contributed by atoms with Crippen molar-refractivity contribution >= 4 is 38.5 Å².